The van der Waals surface area contributed by atoms with Crippen molar-refractivity contribution < 1.29 is 23.9 Å². The number of para-hydroxylation sites is 2. The van der Waals surface area contributed by atoms with E-state index in [4.69, 9.17) is 14.2 Å². The molecular weight excluding hydrogens is 308 g/mol. The van der Waals surface area contributed by atoms with E-state index < -0.39 is 6.10 Å². The maximum Gasteiger partial charge on any atom is 0.261 e. The van der Waals surface area contributed by atoms with Crippen LogP contribution in [0, 0.1) is 0 Å². The van der Waals surface area contributed by atoms with Crippen LogP contribution < -0.4 is 19.7 Å². The SMILES string of the molecule is CC[C@@H](Oc1ccccc1OC)C(=O)NCCC[NH+]1CCOCC1. The van der Waals surface area contributed by atoms with Crippen LogP contribution in [0.25, 0.3) is 0 Å². The molecule has 1 aliphatic rings. The molecule has 6 heteroatoms. The van der Waals surface area contributed by atoms with E-state index in [0.29, 0.717) is 24.5 Å². The molecule has 0 bridgehead atoms. The molecule has 0 aromatic heterocycles. The van der Waals surface area contributed by atoms with Crippen LogP contribution in [-0.4, -0.2) is 58.5 Å². The topological polar surface area (TPSA) is 61.2 Å². The highest BCUT2D eigenvalue weighted by Gasteiger charge is 2.20. The molecule has 1 aromatic rings. The second kappa shape index (κ2) is 10.2. The van der Waals surface area contributed by atoms with Crippen LogP contribution in [-0.2, 0) is 9.53 Å². The number of rotatable bonds is 9. The Morgan fingerprint density at radius 3 is 2.67 bits per heavy atom. The largest absolute Gasteiger partial charge is 0.493 e. The van der Waals surface area contributed by atoms with Gasteiger partial charge in [0.15, 0.2) is 17.6 Å². The molecule has 1 fully saturated rings. The Hall–Kier alpha value is -1.79. The summed E-state index contributed by atoms with van der Waals surface area (Å²) in [5, 5.41) is 2.98. The third-order valence-corrected chi connectivity index (χ3v) is 4.21. The fourth-order valence-electron chi connectivity index (χ4n) is 2.77. The standard InChI is InChI=1S/C18H28N2O4/c1-3-15(24-17-8-5-4-7-16(17)22-2)18(21)19-9-6-10-20-11-13-23-14-12-20/h4-5,7-8,15H,3,6,9-14H2,1-2H3,(H,19,21)/p+1/t15-/m1/s1. The highest BCUT2D eigenvalue weighted by Crippen LogP contribution is 2.27. The van der Waals surface area contributed by atoms with Crippen LogP contribution in [0.4, 0.5) is 0 Å². The molecule has 2 rings (SSSR count). The normalized spacial score (nSPS) is 16.4. The monoisotopic (exact) mass is 337 g/mol. The number of amides is 1. The maximum atomic E-state index is 12.3. The van der Waals surface area contributed by atoms with Gasteiger partial charge in [0.1, 0.15) is 13.1 Å². The third-order valence-electron chi connectivity index (χ3n) is 4.21. The van der Waals surface area contributed by atoms with Crippen molar-refractivity contribution in [3.05, 3.63) is 24.3 Å². The summed E-state index contributed by atoms with van der Waals surface area (Å²) in [5.74, 6) is 1.17. The van der Waals surface area contributed by atoms with Crippen molar-refractivity contribution in [2.75, 3.05) is 46.5 Å². The van der Waals surface area contributed by atoms with Crippen LogP contribution in [0.3, 0.4) is 0 Å². The Morgan fingerprint density at radius 2 is 2.00 bits per heavy atom. The van der Waals surface area contributed by atoms with Gasteiger partial charge >= 0.3 is 0 Å². The van der Waals surface area contributed by atoms with Gasteiger partial charge in [-0.3, -0.25) is 4.79 Å². The zero-order chi connectivity index (χ0) is 17.2. The predicted octanol–water partition coefficient (Wildman–Crippen LogP) is 0.274. The van der Waals surface area contributed by atoms with Gasteiger partial charge in [-0.1, -0.05) is 19.1 Å². The average molecular weight is 337 g/mol. The number of ether oxygens (including phenoxy) is 3. The second-order valence-corrected chi connectivity index (χ2v) is 5.92. The first-order chi connectivity index (χ1) is 11.7. The Bertz CT molecular complexity index is 504. The number of nitrogens with one attached hydrogen (secondary N) is 2. The maximum absolute atomic E-state index is 12.3. The lowest BCUT2D eigenvalue weighted by Crippen LogP contribution is -3.14. The van der Waals surface area contributed by atoms with E-state index in [1.807, 2.05) is 31.2 Å². The first-order valence-corrected chi connectivity index (χ1v) is 8.73. The van der Waals surface area contributed by atoms with Gasteiger partial charge in [0, 0.05) is 13.0 Å². The van der Waals surface area contributed by atoms with E-state index in [-0.39, 0.29) is 5.91 Å². The molecule has 2 N–H and O–H groups in total. The van der Waals surface area contributed by atoms with Crippen molar-refractivity contribution in [1.29, 1.82) is 0 Å². The zero-order valence-corrected chi connectivity index (χ0v) is 14.7. The third kappa shape index (κ3) is 5.69. The zero-order valence-electron chi connectivity index (χ0n) is 14.7. The van der Waals surface area contributed by atoms with Gasteiger partial charge in [-0.05, 0) is 18.6 Å². The minimum Gasteiger partial charge on any atom is -0.493 e. The Labute approximate surface area is 144 Å². The molecule has 134 valence electrons. The molecule has 0 saturated carbocycles. The molecule has 1 atom stereocenters. The molecule has 0 unspecified atom stereocenters. The van der Waals surface area contributed by atoms with Gasteiger partial charge in [0.05, 0.1) is 26.9 Å². The quantitative estimate of drug-likeness (QED) is 0.635. The van der Waals surface area contributed by atoms with E-state index >= 15 is 0 Å². The lowest BCUT2D eigenvalue weighted by molar-refractivity contribution is -0.908. The second-order valence-electron chi connectivity index (χ2n) is 5.92. The predicted molar refractivity (Wildman–Crippen MR) is 91.7 cm³/mol. The highest BCUT2D eigenvalue weighted by molar-refractivity contribution is 5.81. The van der Waals surface area contributed by atoms with Gasteiger partial charge in [-0.2, -0.15) is 0 Å². The van der Waals surface area contributed by atoms with E-state index in [2.05, 4.69) is 5.32 Å². The minimum atomic E-state index is -0.503. The van der Waals surface area contributed by atoms with Crippen LogP contribution in [0.15, 0.2) is 24.3 Å². The van der Waals surface area contributed by atoms with Gasteiger partial charge < -0.3 is 24.4 Å². The number of hydrogen-bond acceptors (Lipinski definition) is 4. The summed E-state index contributed by atoms with van der Waals surface area (Å²) in [4.78, 5) is 13.9. The van der Waals surface area contributed by atoms with Crippen LogP contribution in [0.2, 0.25) is 0 Å². The van der Waals surface area contributed by atoms with Crippen molar-refractivity contribution in [1.82, 2.24) is 5.32 Å². The van der Waals surface area contributed by atoms with Gasteiger partial charge in [0.2, 0.25) is 0 Å². The molecule has 0 radical (unpaired) electrons. The van der Waals surface area contributed by atoms with Gasteiger partial charge in [0.25, 0.3) is 5.91 Å². The molecular formula is C18H29N2O4+. The van der Waals surface area contributed by atoms with Gasteiger partial charge in [-0.15, -0.1) is 0 Å². The molecule has 0 aliphatic carbocycles. The number of carbonyl (C=O) groups is 1. The molecule has 1 saturated heterocycles. The van der Waals surface area contributed by atoms with E-state index in [9.17, 15) is 4.79 Å². The number of morpholine rings is 1. The smallest absolute Gasteiger partial charge is 0.261 e. The lowest BCUT2D eigenvalue weighted by Gasteiger charge is -2.24. The molecule has 1 aliphatic heterocycles. The van der Waals surface area contributed by atoms with Crippen LogP contribution >= 0.6 is 0 Å². The molecule has 24 heavy (non-hydrogen) atoms. The summed E-state index contributed by atoms with van der Waals surface area (Å²) in [7, 11) is 1.59. The first kappa shape index (κ1) is 18.5. The summed E-state index contributed by atoms with van der Waals surface area (Å²) in [6.45, 7) is 7.48. The number of hydrogen-bond donors (Lipinski definition) is 2. The molecule has 6 nitrogen and oxygen atoms in total. The lowest BCUT2D eigenvalue weighted by atomic mass is 10.2. The van der Waals surface area contributed by atoms with Crippen LogP contribution in [0.5, 0.6) is 11.5 Å². The Morgan fingerprint density at radius 1 is 1.29 bits per heavy atom. The fraction of sp³-hybridized carbons (Fsp3) is 0.611. The average Bonchev–Trinajstić information content (AvgIpc) is 2.64. The van der Waals surface area contributed by atoms with E-state index in [1.54, 1.807) is 12.0 Å². The summed E-state index contributed by atoms with van der Waals surface area (Å²) in [6, 6.07) is 7.38. The summed E-state index contributed by atoms with van der Waals surface area (Å²) in [6.07, 6.45) is 1.07. The summed E-state index contributed by atoms with van der Waals surface area (Å²) in [5.41, 5.74) is 0. The summed E-state index contributed by atoms with van der Waals surface area (Å²) >= 11 is 0. The van der Waals surface area contributed by atoms with Crippen molar-refractivity contribution in [3.63, 3.8) is 0 Å². The van der Waals surface area contributed by atoms with E-state index in [0.717, 1.165) is 39.3 Å². The van der Waals surface area contributed by atoms with Crippen molar-refractivity contribution in [2.24, 2.45) is 0 Å². The number of carbonyl (C=O) groups excluding carboxylic acids is 1. The van der Waals surface area contributed by atoms with Gasteiger partial charge in [-0.25, -0.2) is 0 Å². The molecule has 1 amide bonds. The molecule has 1 aromatic carbocycles. The first-order valence-electron chi connectivity index (χ1n) is 8.73. The highest BCUT2D eigenvalue weighted by atomic mass is 16.5. The summed E-state index contributed by atoms with van der Waals surface area (Å²) < 4.78 is 16.5. The van der Waals surface area contributed by atoms with E-state index in [1.165, 1.54) is 0 Å². The van der Waals surface area contributed by atoms with Crippen molar-refractivity contribution in [2.45, 2.75) is 25.9 Å². The molecule has 1 heterocycles. The van der Waals surface area contributed by atoms with Crippen LogP contribution in [0.1, 0.15) is 19.8 Å². The Kier molecular flexibility index (Phi) is 7.85. The minimum absolute atomic E-state index is 0.0691. The number of methoxy groups -OCH3 is 1. The number of benzene rings is 1. The van der Waals surface area contributed by atoms with Crippen molar-refractivity contribution in [3.8, 4) is 11.5 Å². The Balaban J connectivity index is 1.74. The fourth-order valence-corrected chi connectivity index (χ4v) is 2.77. The number of quaternary nitrogens is 1. The van der Waals surface area contributed by atoms with Crippen molar-refractivity contribution >= 4 is 5.91 Å². The molecule has 0 spiro atoms.